The molecule has 0 saturated heterocycles. The highest BCUT2D eigenvalue weighted by molar-refractivity contribution is 9.10. The van der Waals surface area contributed by atoms with Crippen LogP contribution >= 0.6 is 43.5 Å². The standard InChI is InChI=1S/C11H14N4O.C11H14N4.C11H13N3O.C10H11BrN4.C10H10BrN3O.C10H10ClN3O.C10H12N4.C5H9N3/c1-8(2)15-7-10(13-14-15)9-5-4-6-11(12-9)16-3;1-8(2)15-7-11(13-14-15)10-6-4-5-9(3)12-10;1-8(2)11-13-10(15-14-11)7-9-5-3-4-6-12-9;1-7(2)15-6-9(13-14-15)8-4-3-5-10(11)12-8;2*1-6(2)9-13-10(15-14-9)8-5-7(11)3-4-12-8;1-8(2)14-7-10(12-13-14)9-5-3-4-6-11-9;1-5(2)8-4-3-6-7-8/h4-8H,1-3H3;4-8H,1-3H3;3-6,8H,7H2,1-2H3;3-7H,1-2H3;2*3-6H,1-2H3;3-8H,1-2H3;3-5H,1-2H3. The zero-order valence-corrected chi connectivity index (χ0v) is 70.3. The summed E-state index contributed by atoms with van der Waals surface area (Å²) in [6.45, 7) is 34.7. The van der Waals surface area contributed by atoms with Crippen LogP contribution in [0.4, 0.5) is 0 Å². The van der Waals surface area contributed by atoms with Gasteiger partial charge in [0.25, 0.3) is 11.8 Å². The zero-order valence-electron chi connectivity index (χ0n) is 66.4. The summed E-state index contributed by atoms with van der Waals surface area (Å²) in [5.74, 6) is 4.98. The van der Waals surface area contributed by atoms with Crippen molar-refractivity contribution < 1.29 is 18.3 Å². The molecule has 32 nitrogen and oxygen atoms in total. The van der Waals surface area contributed by atoms with Crippen molar-refractivity contribution in [1.29, 1.82) is 0 Å². The fraction of sp³-hybridized carbons (Fsp3) is 0.346. The smallest absolute Gasteiger partial charge is 0.276 e. The minimum atomic E-state index is 0.238. The molecule has 0 amide bonds. The average molecular weight is 1680 g/mol. The number of hydrogen-bond donors (Lipinski definition) is 0. The third kappa shape index (κ3) is 27.9. The van der Waals surface area contributed by atoms with E-state index in [-0.39, 0.29) is 11.8 Å². The molecule has 0 bridgehead atoms. The molecule has 0 fully saturated rings. The van der Waals surface area contributed by atoms with Gasteiger partial charge in [0.1, 0.15) is 38.8 Å². The van der Waals surface area contributed by atoms with Crippen LogP contribution in [0.15, 0.2) is 200 Å². The molecule has 15 aromatic heterocycles. The molecule has 0 aliphatic carbocycles. The Kier molecular flexibility index (Phi) is 33.6. The number of halogens is 3. The highest BCUT2D eigenvalue weighted by Gasteiger charge is 2.17. The topological polar surface area (TPSA) is 370 Å². The first-order chi connectivity index (χ1) is 54.2. The Morgan fingerprint density at radius 2 is 0.832 bits per heavy atom. The van der Waals surface area contributed by atoms with Crippen LogP contribution in [0.3, 0.4) is 0 Å². The van der Waals surface area contributed by atoms with Gasteiger partial charge >= 0.3 is 0 Å². The molecule has 0 saturated carbocycles. The van der Waals surface area contributed by atoms with Crippen LogP contribution in [-0.4, -0.2) is 147 Å². The van der Waals surface area contributed by atoms with Crippen LogP contribution in [-0.2, 0) is 6.42 Å². The second kappa shape index (κ2) is 43.7. The van der Waals surface area contributed by atoms with Crippen LogP contribution in [0.5, 0.6) is 5.88 Å². The van der Waals surface area contributed by atoms with Gasteiger partial charge in [-0.05, 0) is 171 Å². The molecule has 0 aromatic carbocycles. The minimum Gasteiger partial charge on any atom is -0.481 e. The van der Waals surface area contributed by atoms with Crippen LogP contribution in [0.25, 0.3) is 68.7 Å². The van der Waals surface area contributed by atoms with Crippen LogP contribution in [0.2, 0.25) is 5.02 Å². The first kappa shape index (κ1) is 86.8. The molecule has 35 heteroatoms. The highest BCUT2D eigenvalue weighted by Crippen LogP contribution is 2.25. The number of nitrogens with zero attached hydrogens (tertiary/aromatic N) is 28. The number of methoxy groups -OCH3 is 1. The van der Waals surface area contributed by atoms with Gasteiger partial charge in [0.2, 0.25) is 11.8 Å². The van der Waals surface area contributed by atoms with Crippen molar-refractivity contribution in [2.24, 2.45) is 0 Å². The van der Waals surface area contributed by atoms with Crippen molar-refractivity contribution in [3.8, 4) is 74.6 Å². The molecule has 0 spiro atoms. The summed E-state index contributed by atoms with van der Waals surface area (Å²) in [5, 5.41) is 52.1. The summed E-state index contributed by atoms with van der Waals surface area (Å²) >= 11 is 12.5. The molecule has 0 aliphatic rings. The van der Waals surface area contributed by atoms with Gasteiger partial charge in [0.05, 0.1) is 67.3 Å². The third-order valence-corrected chi connectivity index (χ3v) is 16.4. The summed E-state index contributed by atoms with van der Waals surface area (Å²) in [5.41, 5.74) is 9.75. The van der Waals surface area contributed by atoms with E-state index in [0.717, 1.165) is 71.8 Å². The molecular formula is C78H93Br2ClN28O4. The molecule has 15 rings (SSSR count). The lowest BCUT2D eigenvalue weighted by Crippen LogP contribution is -2.00. The maximum atomic E-state index is 5.83. The SMILES string of the molecule is CC(C)c1noc(-c2cc(Br)ccn2)n1.CC(C)c1noc(-c2cc(Cl)ccn2)n1.CC(C)c1noc(Cc2ccccn2)n1.CC(C)n1cc(-c2cccc(Br)n2)nn1.CC(C)n1cc(-c2ccccn2)nn1.CC(C)n1ccnn1.COc1cccc(-c2cn(C(C)C)nn2)n1.Cc1cccc(-c2cn(C(C)C)nn2)n1. The number of rotatable bonds is 17. The van der Waals surface area contributed by atoms with Gasteiger partial charge in [0, 0.05) is 106 Å². The monoisotopic (exact) mass is 1680 g/mol. The summed E-state index contributed by atoms with van der Waals surface area (Å²) in [6.07, 6.45) is 18.6. The van der Waals surface area contributed by atoms with Crippen molar-refractivity contribution in [1.82, 2.24) is 140 Å². The summed E-state index contributed by atoms with van der Waals surface area (Å²) in [6, 6.07) is 37.5. The van der Waals surface area contributed by atoms with Gasteiger partial charge in [-0.15, -0.1) is 25.5 Å². The predicted octanol–water partition coefficient (Wildman–Crippen LogP) is 17.7. The normalized spacial score (nSPS) is 10.8. The minimum absolute atomic E-state index is 0.238. The molecule has 0 aliphatic heterocycles. The Balaban J connectivity index is 0.000000163. The van der Waals surface area contributed by atoms with Crippen molar-refractivity contribution in [3.05, 3.63) is 226 Å². The molecule has 15 aromatic rings. The van der Waals surface area contributed by atoms with Gasteiger partial charge in [0.15, 0.2) is 17.5 Å². The second-order valence-electron chi connectivity index (χ2n) is 27.1. The van der Waals surface area contributed by atoms with Gasteiger partial charge in [-0.1, -0.05) is 141 Å². The van der Waals surface area contributed by atoms with Crippen molar-refractivity contribution in [2.75, 3.05) is 7.11 Å². The number of aromatic nitrogens is 28. The fourth-order valence-electron chi connectivity index (χ4n) is 8.92. The summed E-state index contributed by atoms with van der Waals surface area (Å²) in [7, 11) is 1.59. The number of aryl methyl sites for hydroxylation is 1. The quantitative estimate of drug-likeness (QED) is 0.0764. The molecule has 113 heavy (non-hydrogen) atoms. The fourth-order valence-corrected chi connectivity index (χ4v) is 9.76. The molecule has 0 unspecified atom stereocenters. The van der Waals surface area contributed by atoms with E-state index >= 15 is 0 Å². The largest absolute Gasteiger partial charge is 0.481 e. The average Bonchev–Trinajstić information content (AvgIpc) is 1.73. The Hall–Kier alpha value is -11.8. The van der Waals surface area contributed by atoms with Crippen LogP contribution in [0, 0.1) is 6.92 Å². The summed E-state index contributed by atoms with van der Waals surface area (Å²) < 4.78 is 31.2. The molecule has 15 heterocycles. The molecule has 0 radical (unpaired) electrons. The lowest BCUT2D eigenvalue weighted by atomic mass is 10.2. The van der Waals surface area contributed by atoms with E-state index in [9.17, 15) is 0 Å². The predicted molar refractivity (Wildman–Crippen MR) is 435 cm³/mol. The van der Waals surface area contributed by atoms with E-state index < -0.39 is 0 Å². The van der Waals surface area contributed by atoms with E-state index in [4.69, 9.17) is 29.9 Å². The Morgan fingerprint density at radius 3 is 1.24 bits per heavy atom. The van der Waals surface area contributed by atoms with Crippen molar-refractivity contribution >= 4 is 43.5 Å². The second-order valence-corrected chi connectivity index (χ2v) is 29.3. The Labute approximate surface area is 677 Å². The highest BCUT2D eigenvalue weighted by atomic mass is 79.9. The third-order valence-electron chi connectivity index (χ3n) is 15.2. The number of ether oxygens (including phenoxy) is 1. The lowest BCUT2D eigenvalue weighted by molar-refractivity contribution is 0.376. The van der Waals surface area contributed by atoms with Gasteiger partial charge in [-0.25, -0.2) is 28.7 Å². The van der Waals surface area contributed by atoms with Gasteiger partial charge < -0.3 is 18.3 Å². The maximum Gasteiger partial charge on any atom is 0.276 e. The lowest BCUT2D eigenvalue weighted by Gasteiger charge is -2.01. The van der Waals surface area contributed by atoms with E-state index in [1.54, 1.807) is 65.7 Å². The van der Waals surface area contributed by atoms with E-state index in [1.165, 1.54) is 0 Å². The molecule has 590 valence electrons. The molecule has 0 N–H and O–H groups in total. The van der Waals surface area contributed by atoms with E-state index in [1.807, 2.05) is 191 Å². The van der Waals surface area contributed by atoms with Crippen molar-refractivity contribution in [3.63, 3.8) is 0 Å². The van der Waals surface area contributed by atoms with E-state index in [0.29, 0.717) is 94.2 Å². The summed E-state index contributed by atoms with van der Waals surface area (Å²) in [4.78, 5) is 42.4. The van der Waals surface area contributed by atoms with Crippen molar-refractivity contribution in [2.45, 2.75) is 172 Å². The first-order valence-electron chi connectivity index (χ1n) is 36.4. The molecule has 0 atom stereocenters. The van der Waals surface area contributed by atoms with Crippen LogP contribution < -0.4 is 4.74 Å². The maximum absolute atomic E-state index is 5.83. The number of hydrogen-bond acceptors (Lipinski definition) is 27. The first-order valence-corrected chi connectivity index (χ1v) is 38.3. The van der Waals surface area contributed by atoms with Crippen LogP contribution in [0.1, 0.15) is 193 Å². The Bertz CT molecular complexity index is 4880. The Morgan fingerprint density at radius 1 is 0.389 bits per heavy atom. The van der Waals surface area contributed by atoms with Gasteiger partial charge in [-0.2, -0.15) is 15.0 Å². The van der Waals surface area contributed by atoms with Gasteiger partial charge in [-0.3, -0.25) is 29.6 Å². The number of pyridine rings is 7. The zero-order chi connectivity index (χ0) is 81.5. The van der Waals surface area contributed by atoms with E-state index in [2.05, 4.69) is 218 Å². The molecular weight excluding hydrogens is 1590 g/mol.